The molecule has 0 spiro atoms. The number of para-hydroxylation sites is 1. The summed E-state index contributed by atoms with van der Waals surface area (Å²) in [5.41, 5.74) is 4.20. The van der Waals surface area contributed by atoms with E-state index in [2.05, 4.69) is 18.3 Å². The molecule has 0 atom stereocenters. The van der Waals surface area contributed by atoms with Crippen LogP contribution >= 0.6 is 23.4 Å². The summed E-state index contributed by atoms with van der Waals surface area (Å²) in [7, 11) is 0. The number of hydrogen-bond acceptors (Lipinski definition) is 4. The van der Waals surface area contributed by atoms with Gasteiger partial charge in [-0.2, -0.15) is 0 Å². The van der Waals surface area contributed by atoms with Crippen LogP contribution in [0.3, 0.4) is 0 Å². The third-order valence-electron chi connectivity index (χ3n) is 4.37. The highest BCUT2D eigenvalue weighted by molar-refractivity contribution is 7.99. The Kier molecular flexibility index (Phi) is 6.91. The predicted molar refractivity (Wildman–Crippen MR) is 112 cm³/mol. The molecule has 0 radical (unpaired) electrons. The van der Waals surface area contributed by atoms with E-state index in [1.54, 1.807) is 11.8 Å². The third kappa shape index (κ3) is 5.11. The fourth-order valence-electron chi connectivity index (χ4n) is 3.01. The van der Waals surface area contributed by atoms with Gasteiger partial charge in [0.1, 0.15) is 0 Å². The Bertz CT molecular complexity index is 825. The zero-order valence-electron chi connectivity index (χ0n) is 15.6. The molecular weight excluding hydrogens is 382 g/mol. The summed E-state index contributed by atoms with van der Waals surface area (Å²) in [6.07, 6.45) is 1.73. The standard InChI is InChI=1S/C21H24ClNO3S/c1-3-16-7-4-6-14(2)20(16)23-19(24)13-27-12-15-10-17(22)21-18(11-15)25-8-5-9-26-21/h4,6-7,10-11H,3,5,8-9,12-13H2,1-2H3,(H,23,24). The first kappa shape index (κ1) is 19.9. The summed E-state index contributed by atoms with van der Waals surface area (Å²) in [4.78, 5) is 12.4. The number of halogens is 1. The van der Waals surface area contributed by atoms with Crippen molar-refractivity contribution in [3.8, 4) is 11.5 Å². The van der Waals surface area contributed by atoms with Crippen molar-refractivity contribution in [3.05, 3.63) is 52.0 Å². The Labute approximate surface area is 169 Å². The number of carbonyl (C=O) groups is 1. The van der Waals surface area contributed by atoms with E-state index in [1.165, 1.54) is 0 Å². The van der Waals surface area contributed by atoms with Gasteiger partial charge in [-0.05, 0) is 42.2 Å². The molecule has 4 nitrogen and oxygen atoms in total. The molecule has 27 heavy (non-hydrogen) atoms. The van der Waals surface area contributed by atoms with Gasteiger partial charge in [-0.25, -0.2) is 0 Å². The predicted octanol–water partition coefficient (Wildman–Crippen LogP) is 5.24. The van der Waals surface area contributed by atoms with Crippen LogP contribution < -0.4 is 14.8 Å². The lowest BCUT2D eigenvalue weighted by atomic mass is 10.1. The van der Waals surface area contributed by atoms with Gasteiger partial charge < -0.3 is 14.8 Å². The lowest BCUT2D eigenvalue weighted by Crippen LogP contribution is -2.16. The van der Waals surface area contributed by atoms with Gasteiger partial charge >= 0.3 is 0 Å². The number of anilines is 1. The number of benzene rings is 2. The van der Waals surface area contributed by atoms with Gasteiger partial charge in [0.2, 0.25) is 5.91 Å². The maximum Gasteiger partial charge on any atom is 0.234 e. The van der Waals surface area contributed by atoms with E-state index in [9.17, 15) is 4.79 Å². The van der Waals surface area contributed by atoms with Crippen LogP contribution in [-0.2, 0) is 17.0 Å². The molecule has 144 valence electrons. The fourth-order valence-corrected chi connectivity index (χ4v) is 4.06. The van der Waals surface area contributed by atoms with Crippen molar-refractivity contribution in [2.45, 2.75) is 32.4 Å². The van der Waals surface area contributed by atoms with E-state index >= 15 is 0 Å². The molecule has 2 aromatic carbocycles. The van der Waals surface area contributed by atoms with Crippen LogP contribution in [0.5, 0.6) is 11.5 Å². The Hall–Kier alpha value is -1.85. The average Bonchev–Trinajstić information content (AvgIpc) is 2.89. The average molecular weight is 406 g/mol. The topological polar surface area (TPSA) is 47.6 Å². The number of fused-ring (bicyclic) bond motifs is 1. The number of rotatable bonds is 6. The van der Waals surface area contributed by atoms with Crippen molar-refractivity contribution in [2.24, 2.45) is 0 Å². The molecule has 3 rings (SSSR count). The highest BCUT2D eigenvalue weighted by Gasteiger charge is 2.16. The number of ether oxygens (including phenoxy) is 2. The smallest absolute Gasteiger partial charge is 0.234 e. The van der Waals surface area contributed by atoms with Crippen molar-refractivity contribution < 1.29 is 14.3 Å². The van der Waals surface area contributed by atoms with E-state index < -0.39 is 0 Å². The summed E-state index contributed by atoms with van der Waals surface area (Å²) in [6.45, 7) is 5.34. The molecule has 6 heteroatoms. The molecule has 0 bridgehead atoms. The summed E-state index contributed by atoms with van der Waals surface area (Å²) in [5.74, 6) is 2.37. The lowest BCUT2D eigenvalue weighted by Gasteiger charge is -2.13. The second kappa shape index (κ2) is 9.38. The van der Waals surface area contributed by atoms with Crippen LogP contribution in [0, 0.1) is 6.92 Å². The van der Waals surface area contributed by atoms with E-state index in [4.69, 9.17) is 21.1 Å². The van der Waals surface area contributed by atoms with Gasteiger partial charge in [-0.1, -0.05) is 36.7 Å². The molecule has 1 amide bonds. The van der Waals surface area contributed by atoms with Gasteiger partial charge in [0.15, 0.2) is 11.5 Å². The molecule has 0 fully saturated rings. The van der Waals surface area contributed by atoms with Gasteiger partial charge in [0, 0.05) is 17.9 Å². The van der Waals surface area contributed by atoms with Crippen molar-refractivity contribution in [3.63, 3.8) is 0 Å². The van der Waals surface area contributed by atoms with Crippen molar-refractivity contribution in [1.82, 2.24) is 0 Å². The zero-order chi connectivity index (χ0) is 19.2. The van der Waals surface area contributed by atoms with Crippen LogP contribution in [-0.4, -0.2) is 24.9 Å². The SMILES string of the molecule is CCc1cccc(C)c1NC(=O)CSCc1cc(Cl)c2c(c1)OCCCO2. The molecule has 1 N–H and O–H groups in total. The monoisotopic (exact) mass is 405 g/mol. The molecule has 0 unspecified atom stereocenters. The highest BCUT2D eigenvalue weighted by atomic mass is 35.5. The summed E-state index contributed by atoms with van der Waals surface area (Å²) >= 11 is 7.88. The Morgan fingerprint density at radius 1 is 1.26 bits per heavy atom. The van der Waals surface area contributed by atoms with Crippen LogP contribution in [0.25, 0.3) is 0 Å². The highest BCUT2D eigenvalue weighted by Crippen LogP contribution is 2.38. The largest absolute Gasteiger partial charge is 0.489 e. The van der Waals surface area contributed by atoms with Gasteiger partial charge in [-0.3, -0.25) is 4.79 Å². The fraction of sp³-hybridized carbons (Fsp3) is 0.381. The zero-order valence-corrected chi connectivity index (χ0v) is 17.2. The first-order valence-corrected chi connectivity index (χ1v) is 10.7. The molecule has 1 heterocycles. The number of nitrogens with one attached hydrogen (secondary N) is 1. The van der Waals surface area contributed by atoms with E-state index in [0.29, 0.717) is 41.2 Å². The summed E-state index contributed by atoms with van der Waals surface area (Å²) in [5, 5.41) is 3.61. The minimum Gasteiger partial charge on any atom is -0.489 e. The molecule has 1 aliphatic heterocycles. The molecule has 2 aromatic rings. The van der Waals surface area contributed by atoms with Gasteiger partial charge in [0.05, 0.1) is 24.0 Å². The van der Waals surface area contributed by atoms with E-state index in [-0.39, 0.29) is 5.91 Å². The van der Waals surface area contributed by atoms with Crippen LogP contribution in [0.4, 0.5) is 5.69 Å². The Morgan fingerprint density at radius 3 is 2.89 bits per heavy atom. The minimum atomic E-state index is 0.00411. The number of thioether (sulfide) groups is 1. The first-order valence-electron chi connectivity index (χ1n) is 9.12. The van der Waals surface area contributed by atoms with Crippen LogP contribution in [0.2, 0.25) is 5.02 Å². The molecular formula is C21H24ClNO3S. The minimum absolute atomic E-state index is 0.00411. The van der Waals surface area contributed by atoms with E-state index in [0.717, 1.165) is 35.2 Å². The van der Waals surface area contributed by atoms with Gasteiger partial charge in [-0.15, -0.1) is 11.8 Å². The Balaban J connectivity index is 1.58. The van der Waals surface area contributed by atoms with Crippen molar-refractivity contribution in [1.29, 1.82) is 0 Å². The van der Waals surface area contributed by atoms with Gasteiger partial charge in [0.25, 0.3) is 0 Å². The second-order valence-corrected chi connectivity index (χ2v) is 7.85. The normalized spacial score (nSPS) is 13.1. The van der Waals surface area contributed by atoms with Crippen molar-refractivity contribution >= 4 is 35.0 Å². The summed E-state index contributed by atoms with van der Waals surface area (Å²) in [6, 6.07) is 9.92. The van der Waals surface area contributed by atoms with E-state index in [1.807, 2.05) is 31.2 Å². The quantitative estimate of drug-likeness (QED) is 0.713. The molecule has 1 aliphatic rings. The number of hydrogen-bond donors (Lipinski definition) is 1. The second-order valence-electron chi connectivity index (χ2n) is 6.46. The molecule has 0 saturated carbocycles. The number of aryl methyl sites for hydroxylation is 2. The lowest BCUT2D eigenvalue weighted by molar-refractivity contribution is -0.113. The first-order chi connectivity index (χ1) is 13.1. The number of amides is 1. The molecule has 0 aliphatic carbocycles. The summed E-state index contributed by atoms with van der Waals surface area (Å²) < 4.78 is 11.4. The molecule has 0 aromatic heterocycles. The maximum atomic E-state index is 12.4. The Morgan fingerprint density at radius 2 is 2.07 bits per heavy atom. The molecule has 0 saturated heterocycles. The van der Waals surface area contributed by atoms with Crippen LogP contribution in [0.15, 0.2) is 30.3 Å². The van der Waals surface area contributed by atoms with Crippen LogP contribution in [0.1, 0.15) is 30.0 Å². The third-order valence-corrected chi connectivity index (χ3v) is 5.65. The number of carbonyl (C=O) groups excluding carboxylic acids is 1. The van der Waals surface area contributed by atoms with Crippen molar-refractivity contribution in [2.75, 3.05) is 24.3 Å². The maximum absolute atomic E-state index is 12.4.